The van der Waals surface area contributed by atoms with E-state index in [0.29, 0.717) is 0 Å². The molecule has 2 N–H and O–H groups in total. The zero-order valence-corrected chi connectivity index (χ0v) is 11.6. The number of anilines is 1. The summed E-state index contributed by atoms with van der Waals surface area (Å²) in [6.45, 7) is 6.57. The second-order valence-corrected chi connectivity index (χ2v) is 5.46. The lowest BCUT2D eigenvalue weighted by Crippen LogP contribution is -2.34. The Bertz CT molecular complexity index is 351. The van der Waals surface area contributed by atoms with E-state index in [9.17, 15) is 0 Å². The normalized spacial score (nSPS) is 18.9. The molecule has 0 spiro atoms. The molecule has 0 saturated carbocycles. The van der Waals surface area contributed by atoms with Gasteiger partial charge in [0.15, 0.2) is 0 Å². The fourth-order valence-electron chi connectivity index (χ4n) is 2.71. The van der Waals surface area contributed by atoms with Gasteiger partial charge in [-0.1, -0.05) is 25.8 Å². The van der Waals surface area contributed by atoms with Crippen LogP contribution in [0.2, 0.25) is 0 Å². The number of hydrogen-bond acceptors (Lipinski definition) is 3. The van der Waals surface area contributed by atoms with Gasteiger partial charge in [0.2, 0.25) is 0 Å². The molecule has 0 aromatic carbocycles. The van der Waals surface area contributed by atoms with Crippen LogP contribution in [0, 0.1) is 5.92 Å². The van der Waals surface area contributed by atoms with Gasteiger partial charge in [-0.05, 0) is 37.3 Å². The van der Waals surface area contributed by atoms with Crippen molar-refractivity contribution in [3.05, 3.63) is 23.9 Å². The van der Waals surface area contributed by atoms with E-state index in [1.54, 1.807) is 0 Å². The van der Waals surface area contributed by atoms with Crippen molar-refractivity contribution in [1.82, 2.24) is 4.98 Å². The summed E-state index contributed by atoms with van der Waals surface area (Å²) in [5.41, 5.74) is 6.95. The summed E-state index contributed by atoms with van der Waals surface area (Å²) in [5.74, 6) is 2.03. The molecule has 0 bridgehead atoms. The van der Waals surface area contributed by atoms with Gasteiger partial charge in [-0.15, -0.1) is 0 Å². The van der Waals surface area contributed by atoms with Crippen LogP contribution in [0.25, 0.3) is 0 Å². The van der Waals surface area contributed by atoms with Crippen molar-refractivity contribution in [1.29, 1.82) is 0 Å². The van der Waals surface area contributed by atoms with Gasteiger partial charge < -0.3 is 10.6 Å². The molecule has 0 unspecified atom stereocenters. The van der Waals surface area contributed by atoms with Crippen molar-refractivity contribution in [2.45, 2.75) is 45.6 Å². The average Bonchev–Trinajstić information content (AvgIpc) is 2.40. The summed E-state index contributed by atoms with van der Waals surface area (Å²) in [7, 11) is 0. The van der Waals surface area contributed by atoms with Crippen molar-refractivity contribution >= 4 is 5.82 Å². The van der Waals surface area contributed by atoms with E-state index >= 15 is 0 Å². The molecular weight excluding hydrogens is 222 g/mol. The van der Waals surface area contributed by atoms with Crippen molar-refractivity contribution in [2.75, 3.05) is 18.0 Å². The zero-order chi connectivity index (χ0) is 13.0. The Hall–Kier alpha value is -1.09. The molecule has 1 aliphatic rings. The molecule has 1 atom stereocenters. The summed E-state index contributed by atoms with van der Waals surface area (Å²) in [4.78, 5) is 6.94. The average molecular weight is 247 g/mol. The number of hydrogen-bond donors (Lipinski definition) is 1. The number of pyridine rings is 1. The van der Waals surface area contributed by atoms with Gasteiger partial charge in [-0.25, -0.2) is 4.98 Å². The first-order chi connectivity index (χ1) is 8.70. The third-order valence-electron chi connectivity index (χ3n) is 3.93. The molecule has 18 heavy (non-hydrogen) atoms. The monoisotopic (exact) mass is 247 g/mol. The summed E-state index contributed by atoms with van der Waals surface area (Å²) in [6.07, 6.45) is 7.23. The fraction of sp³-hybridized carbons (Fsp3) is 0.667. The first kappa shape index (κ1) is 13.3. The molecule has 0 aliphatic carbocycles. The van der Waals surface area contributed by atoms with E-state index < -0.39 is 0 Å². The summed E-state index contributed by atoms with van der Waals surface area (Å²) < 4.78 is 0. The van der Waals surface area contributed by atoms with Crippen LogP contribution >= 0.6 is 0 Å². The Balaban J connectivity index is 1.93. The van der Waals surface area contributed by atoms with E-state index in [0.717, 1.165) is 30.4 Å². The van der Waals surface area contributed by atoms with Gasteiger partial charge in [-0.3, -0.25) is 0 Å². The SMILES string of the molecule is CCCC1CCN(c2ccc([C@@H](C)N)cn2)CC1. The number of aromatic nitrogens is 1. The van der Waals surface area contributed by atoms with Crippen LogP contribution in [0.5, 0.6) is 0 Å². The molecule has 1 aliphatic heterocycles. The quantitative estimate of drug-likeness (QED) is 0.889. The van der Waals surface area contributed by atoms with Crippen LogP contribution < -0.4 is 10.6 Å². The van der Waals surface area contributed by atoms with Gasteiger partial charge in [-0.2, -0.15) is 0 Å². The molecule has 2 rings (SSSR count). The lowest BCUT2D eigenvalue weighted by atomic mass is 9.92. The summed E-state index contributed by atoms with van der Waals surface area (Å²) in [6, 6.07) is 4.28. The Kier molecular flexibility index (Phi) is 4.59. The van der Waals surface area contributed by atoms with Crippen molar-refractivity contribution in [3.63, 3.8) is 0 Å². The first-order valence-corrected chi connectivity index (χ1v) is 7.17. The maximum atomic E-state index is 5.84. The van der Waals surface area contributed by atoms with Crippen LogP contribution in [-0.2, 0) is 0 Å². The molecule has 1 aromatic rings. The fourth-order valence-corrected chi connectivity index (χ4v) is 2.71. The lowest BCUT2D eigenvalue weighted by Gasteiger charge is -2.32. The minimum Gasteiger partial charge on any atom is -0.357 e. The zero-order valence-electron chi connectivity index (χ0n) is 11.6. The third-order valence-corrected chi connectivity index (χ3v) is 3.93. The van der Waals surface area contributed by atoms with Crippen molar-refractivity contribution in [3.8, 4) is 0 Å². The van der Waals surface area contributed by atoms with Gasteiger partial charge in [0.05, 0.1) is 0 Å². The van der Waals surface area contributed by atoms with E-state index in [2.05, 4.69) is 28.9 Å². The lowest BCUT2D eigenvalue weighted by molar-refractivity contribution is 0.377. The van der Waals surface area contributed by atoms with E-state index in [-0.39, 0.29) is 6.04 Å². The van der Waals surface area contributed by atoms with E-state index in [4.69, 9.17) is 5.73 Å². The third kappa shape index (κ3) is 3.22. The van der Waals surface area contributed by atoms with Crippen LogP contribution in [0.1, 0.15) is 51.1 Å². The van der Waals surface area contributed by atoms with Crippen molar-refractivity contribution < 1.29 is 0 Å². The standard InChI is InChI=1S/C15H25N3/c1-3-4-13-7-9-18(10-8-13)15-6-5-14(11-17-15)12(2)16/h5-6,11-13H,3-4,7-10,16H2,1-2H3/t12-/m1/s1. The number of rotatable bonds is 4. The summed E-state index contributed by atoms with van der Waals surface area (Å²) in [5, 5.41) is 0. The molecule has 0 radical (unpaired) electrons. The highest BCUT2D eigenvalue weighted by atomic mass is 15.2. The van der Waals surface area contributed by atoms with Gasteiger partial charge >= 0.3 is 0 Å². The molecule has 3 heteroatoms. The predicted molar refractivity (Wildman–Crippen MR) is 76.7 cm³/mol. The predicted octanol–water partition coefficient (Wildman–Crippen LogP) is 3.12. The Morgan fingerprint density at radius 1 is 1.39 bits per heavy atom. The van der Waals surface area contributed by atoms with E-state index in [1.807, 2.05) is 13.1 Å². The number of nitrogens with two attached hydrogens (primary N) is 1. The number of nitrogens with zero attached hydrogens (tertiary/aromatic N) is 2. The largest absolute Gasteiger partial charge is 0.357 e. The molecule has 2 heterocycles. The molecule has 1 aromatic heterocycles. The minimum atomic E-state index is 0.0711. The molecule has 0 amide bonds. The van der Waals surface area contributed by atoms with Gasteiger partial charge in [0, 0.05) is 25.3 Å². The first-order valence-electron chi connectivity index (χ1n) is 7.17. The molecule has 1 fully saturated rings. The van der Waals surface area contributed by atoms with Gasteiger partial charge in [0.25, 0.3) is 0 Å². The molecular formula is C15H25N3. The van der Waals surface area contributed by atoms with Crippen molar-refractivity contribution in [2.24, 2.45) is 11.7 Å². The molecule has 3 nitrogen and oxygen atoms in total. The minimum absolute atomic E-state index is 0.0711. The highest BCUT2D eigenvalue weighted by Crippen LogP contribution is 2.25. The van der Waals surface area contributed by atoms with Crippen LogP contribution in [0.3, 0.4) is 0 Å². The highest BCUT2D eigenvalue weighted by Gasteiger charge is 2.19. The van der Waals surface area contributed by atoms with Crippen LogP contribution in [0.15, 0.2) is 18.3 Å². The Labute approximate surface area is 110 Å². The topological polar surface area (TPSA) is 42.1 Å². The van der Waals surface area contributed by atoms with Crippen LogP contribution in [0.4, 0.5) is 5.82 Å². The Morgan fingerprint density at radius 3 is 2.61 bits per heavy atom. The number of piperidine rings is 1. The highest BCUT2D eigenvalue weighted by molar-refractivity contribution is 5.40. The molecule has 100 valence electrons. The second-order valence-electron chi connectivity index (χ2n) is 5.46. The maximum absolute atomic E-state index is 5.84. The van der Waals surface area contributed by atoms with Gasteiger partial charge in [0.1, 0.15) is 5.82 Å². The second kappa shape index (κ2) is 6.19. The summed E-state index contributed by atoms with van der Waals surface area (Å²) >= 11 is 0. The molecule has 1 saturated heterocycles. The maximum Gasteiger partial charge on any atom is 0.128 e. The Morgan fingerprint density at radius 2 is 2.11 bits per heavy atom. The van der Waals surface area contributed by atoms with Crippen LogP contribution in [-0.4, -0.2) is 18.1 Å². The van der Waals surface area contributed by atoms with E-state index in [1.165, 1.54) is 25.7 Å². The smallest absolute Gasteiger partial charge is 0.128 e.